The lowest BCUT2D eigenvalue weighted by atomic mass is 9.81. The minimum absolute atomic E-state index is 0.450. The predicted octanol–water partition coefficient (Wildman–Crippen LogP) is 1.51. The number of carboxylic acid groups (broad SMARTS) is 1. The largest absolute Gasteiger partial charge is 0.481 e. The average Bonchev–Trinajstić information content (AvgIpc) is 2.28. The summed E-state index contributed by atoms with van der Waals surface area (Å²) in [4.78, 5) is 16.1. The van der Waals surface area contributed by atoms with Crippen molar-refractivity contribution in [1.82, 2.24) is 9.80 Å². The molecule has 1 heterocycles. The molecule has 1 rings (SSSR count). The quantitative estimate of drug-likeness (QED) is 0.794. The summed E-state index contributed by atoms with van der Waals surface area (Å²) in [5, 5.41) is 9.46. The van der Waals surface area contributed by atoms with Crippen molar-refractivity contribution in [3.05, 3.63) is 0 Å². The Balaban J connectivity index is 2.70. The molecule has 100 valence electrons. The molecule has 0 spiro atoms. The molecule has 0 amide bonds. The summed E-state index contributed by atoms with van der Waals surface area (Å²) >= 11 is 0. The molecule has 0 aromatic carbocycles. The van der Waals surface area contributed by atoms with Crippen molar-refractivity contribution in [1.29, 1.82) is 0 Å². The van der Waals surface area contributed by atoms with Gasteiger partial charge < -0.3 is 10.0 Å². The zero-order chi connectivity index (χ0) is 13.1. The van der Waals surface area contributed by atoms with Crippen LogP contribution >= 0.6 is 0 Å². The highest BCUT2D eigenvalue weighted by Gasteiger charge is 2.38. The van der Waals surface area contributed by atoms with E-state index < -0.39 is 11.4 Å². The van der Waals surface area contributed by atoms with Crippen LogP contribution in [-0.2, 0) is 4.79 Å². The van der Waals surface area contributed by atoms with Crippen molar-refractivity contribution < 1.29 is 9.90 Å². The third-order valence-corrected chi connectivity index (χ3v) is 4.28. The van der Waals surface area contributed by atoms with E-state index in [1.165, 1.54) is 0 Å². The zero-order valence-electron chi connectivity index (χ0n) is 11.6. The SMILES string of the molecule is CCC(CC)(CN1CCN(C)CC1C)C(=O)O. The molecular weight excluding hydrogens is 216 g/mol. The van der Waals surface area contributed by atoms with E-state index in [0.717, 1.165) is 19.6 Å². The van der Waals surface area contributed by atoms with E-state index in [9.17, 15) is 9.90 Å². The topological polar surface area (TPSA) is 43.8 Å². The first-order chi connectivity index (χ1) is 7.95. The van der Waals surface area contributed by atoms with Gasteiger partial charge >= 0.3 is 5.97 Å². The van der Waals surface area contributed by atoms with Crippen LogP contribution in [0.4, 0.5) is 0 Å². The molecule has 4 heteroatoms. The van der Waals surface area contributed by atoms with E-state index in [1.807, 2.05) is 13.8 Å². The predicted molar refractivity (Wildman–Crippen MR) is 69.2 cm³/mol. The van der Waals surface area contributed by atoms with Gasteiger partial charge in [-0.2, -0.15) is 0 Å². The third kappa shape index (κ3) is 3.19. The highest BCUT2D eigenvalue weighted by molar-refractivity contribution is 5.74. The first-order valence-corrected chi connectivity index (χ1v) is 6.61. The number of hydrogen-bond donors (Lipinski definition) is 1. The van der Waals surface area contributed by atoms with Gasteiger partial charge in [0.05, 0.1) is 5.41 Å². The smallest absolute Gasteiger partial charge is 0.310 e. The first kappa shape index (κ1) is 14.5. The molecule has 0 aromatic rings. The fourth-order valence-corrected chi connectivity index (χ4v) is 2.64. The highest BCUT2D eigenvalue weighted by atomic mass is 16.4. The number of hydrogen-bond acceptors (Lipinski definition) is 3. The van der Waals surface area contributed by atoms with Crippen LogP contribution in [0.25, 0.3) is 0 Å². The molecule has 1 atom stereocenters. The maximum absolute atomic E-state index is 11.5. The molecule has 1 aliphatic rings. The molecule has 1 saturated heterocycles. The molecule has 0 bridgehead atoms. The second-order valence-corrected chi connectivity index (χ2v) is 5.37. The molecule has 0 radical (unpaired) electrons. The van der Waals surface area contributed by atoms with Crippen molar-refractivity contribution in [3.8, 4) is 0 Å². The first-order valence-electron chi connectivity index (χ1n) is 6.61. The maximum Gasteiger partial charge on any atom is 0.310 e. The molecule has 1 aliphatic heterocycles. The summed E-state index contributed by atoms with van der Waals surface area (Å²) in [6.07, 6.45) is 1.41. The van der Waals surface area contributed by atoms with E-state index in [-0.39, 0.29) is 0 Å². The van der Waals surface area contributed by atoms with Crippen LogP contribution < -0.4 is 0 Å². The summed E-state index contributed by atoms with van der Waals surface area (Å²) in [5.41, 5.74) is -0.565. The van der Waals surface area contributed by atoms with Gasteiger partial charge in [0, 0.05) is 32.2 Å². The van der Waals surface area contributed by atoms with Crippen molar-refractivity contribution in [2.75, 3.05) is 33.2 Å². The molecular formula is C13H26N2O2. The lowest BCUT2D eigenvalue weighted by molar-refractivity contribution is -0.151. The van der Waals surface area contributed by atoms with E-state index in [0.29, 0.717) is 25.4 Å². The summed E-state index contributed by atoms with van der Waals surface area (Å²) in [5.74, 6) is -0.645. The highest BCUT2D eigenvalue weighted by Crippen LogP contribution is 2.29. The van der Waals surface area contributed by atoms with Crippen LogP contribution in [0, 0.1) is 5.41 Å². The Morgan fingerprint density at radius 2 is 1.94 bits per heavy atom. The Morgan fingerprint density at radius 3 is 2.35 bits per heavy atom. The van der Waals surface area contributed by atoms with Crippen LogP contribution in [0.3, 0.4) is 0 Å². The van der Waals surface area contributed by atoms with Gasteiger partial charge in [-0.15, -0.1) is 0 Å². The Kier molecular flexibility index (Phi) is 4.95. The summed E-state index contributed by atoms with van der Waals surface area (Å²) in [6.45, 7) is 9.89. The van der Waals surface area contributed by atoms with Crippen LogP contribution in [0.1, 0.15) is 33.6 Å². The Bertz CT molecular complexity index is 264. The molecule has 4 nitrogen and oxygen atoms in total. The fourth-order valence-electron chi connectivity index (χ4n) is 2.64. The van der Waals surface area contributed by atoms with Gasteiger partial charge in [-0.25, -0.2) is 0 Å². The number of piperazine rings is 1. The third-order valence-electron chi connectivity index (χ3n) is 4.28. The standard InChI is InChI=1S/C13H26N2O2/c1-5-13(6-2,12(16)17)10-15-8-7-14(4)9-11(15)3/h11H,5-10H2,1-4H3,(H,16,17). The van der Waals surface area contributed by atoms with Gasteiger partial charge in [0.15, 0.2) is 0 Å². The number of aliphatic carboxylic acids is 1. The Morgan fingerprint density at radius 1 is 1.35 bits per heavy atom. The normalized spacial score (nSPS) is 23.9. The monoisotopic (exact) mass is 242 g/mol. The van der Waals surface area contributed by atoms with Gasteiger partial charge in [-0.1, -0.05) is 13.8 Å². The minimum Gasteiger partial charge on any atom is -0.481 e. The van der Waals surface area contributed by atoms with Gasteiger partial charge in [-0.3, -0.25) is 9.69 Å². The Labute approximate surface area is 105 Å². The number of carboxylic acids is 1. The van der Waals surface area contributed by atoms with Crippen LogP contribution in [0.15, 0.2) is 0 Å². The van der Waals surface area contributed by atoms with Gasteiger partial charge in [0.1, 0.15) is 0 Å². The summed E-state index contributed by atoms with van der Waals surface area (Å²) in [7, 11) is 2.12. The van der Waals surface area contributed by atoms with Gasteiger partial charge in [-0.05, 0) is 26.8 Å². The Hall–Kier alpha value is -0.610. The zero-order valence-corrected chi connectivity index (χ0v) is 11.6. The molecule has 1 N–H and O–H groups in total. The number of likely N-dealkylation sites (N-methyl/N-ethyl adjacent to an activating group) is 1. The average molecular weight is 242 g/mol. The molecule has 0 aliphatic carbocycles. The molecule has 1 unspecified atom stereocenters. The summed E-state index contributed by atoms with van der Waals surface area (Å²) < 4.78 is 0. The molecule has 1 fully saturated rings. The van der Waals surface area contributed by atoms with E-state index in [4.69, 9.17) is 0 Å². The van der Waals surface area contributed by atoms with Crippen molar-refractivity contribution >= 4 is 5.97 Å². The lowest BCUT2D eigenvalue weighted by Gasteiger charge is -2.42. The van der Waals surface area contributed by atoms with E-state index in [2.05, 4.69) is 23.8 Å². The van der Waals surface area contributed by atoms with E-state index in [1.54, 1.807) is 0 Å². The van der Waals surface area contributed by atoms with Crippen molar-refractivity contribution in [2.24, 2.45) is 5.41 Å². The fraction of sp³-hybridized carbons (Fsp3) is 0.923. The molecule has 0 saturated carbocycles. The van der Waals surface area contributed by atoms with Crippen molar-refractivity contribution in [3.63, 3.8) is 0 Å². The molecule has 0 aromatic heterocycles. The van der Waals surface area contributed by atoms with Crippen LogP contribution in [0.2, 0.25) is 0 Å². The maximum atomic E-state index is 11.5. The van der Waals surface area contributed by atoms with Gasteiger partial charge in [0.25, 0.3) is 0 Å². The molecule has 17 heavy (non-hydrogen) atoms. The van der Waals surface area contributed by atoms with Gasteiger partial charge in [0.2, 0.25) is 0 Å². The van der Waals surface area contributed by atoms with Crippen LogP contribution in [-0.4, -0.2) is 60.1 Å². The van der Waals surface area contributed by atoms with Crippen LogP contribution in [0.5, 0.6) is 0 Å². The summed E-state index contributed by atoms with van der Waals surface area (Å²) in [6, 6.07) is 0.450. The van der Waals surface area contributed by atoms with E-state index >= 15 is 0 Å². The van der Waals surface area contributed by atoms with Crippen molar-refractivity contribution in [2.45, 2.75) is 39.7 Å². The number of nitrogens with zero attached hydrogens (tertiary/aromatic N) is 2. The lowest BCUT2D eigenvalue weighted by Crippen LogP contribution is -2.54. The second-order valence-electron chi connectivity index (χ2n) is 5.37. The number of rotatable bonds is 5. The minimum atomic E-state index is -0.645. The second kappa shape index (κ2) is 5.83. The number of carbonyl (C=O) groups is 1.